The molecule has 3 N–H and O–H groups in total. The minimum absolute atomic E-state index is 0.241. The minimum atomic E-state index is -3.94. The molecule has 0 heterocycles. The second kappa shape index (κ2) is 8.34. The first-order valence-corrected chi connectivity index (χ1v) is 9.79. The number of hydrogen-bond acceptors (Lipinski definition) is 5. The van der Waals surface area contributed by atoms with Gasteiger partial charge in [0.15, 0.2) is 0 Å². The summed E-state index contributed by atoms with van der Waals surface area (Å²) < 4.78 is 28.1. The van der Waals surface area contributed by atoms with Gasteiger partial charge in [0.25, 0.3) is 0 Å². The lowest BCUT2D eigenvalue weighted by molar-refractivity contribution is 0.213. The van der Waals surface area contributed by atoms with Gasteiger partial charge >= 0.3 is 16.2 Å². The number of nitrogens with two attached hydrogens (primary N) is 1. The zero-order chi connectivity index (χ0) is 17.6. The van der Waals surface area contributed by atoms with Crippen LogP contribution in [-0.2, 0) is 27.3 Å². The number of benzene rings is 2. The standard InChI is InChI=1S/C16H17IN2O4S/c17-14-10-12(8-9-24(21,22)23-16(18)20)6-7-15(14)19-11-13-4-2-1-3-5-13/h1-7,10,19H,8-9,11H2,(H2,18,20). The number of amides is 1. The van der Waals surface area contributed by atoms with E-state index in [1.165, 1.54) is 5.56 Å². The molecule has 0 saturated carbocycles. The fraction of sp³-hybridized carbons (Fsp3) is 0.188. The van der Waals surface area contributed by atoms with Crippen LogP contribution in [0.4, 0.5) is 10.5 Å². The monoisotopic (exact) mass is 460 g/mol. The highest BCUT2D eigenvalue weighted by Gasteiger charge is 2.15. The number of carbonyl (C=O) groups is 1. The predicted octanol–water partition coefficient (Wildman–Crippen LogP) is 2.87. The Hall–Kier alpha value is -1.81. The van der Waals surface area contributed by atoms with Crippen molar-refractivity contribution in [1.29, 1.82) is 0 Å². The Morgan fingerprint density at radius 1 is 1.12 bits per heavy atom. The quantitative estimate of drug-likeness (QED) is 0.489. The first-order chi connectivity index (χ1) is 11.4. The lowest BCUT2D eigenvalue weighted by Gasteiger charge is -2.10. The third-order valence-electron chi connectivity index (χ3n) is 3.21. The summed E-state index contributed by atoms with van der Waals surface area (Å²) in [5.74, 6) is -0.303. The number of halogens is 1. The van der Waals surface area contributed by atoms with Gasteiger partial charge in [-0.25, -0.2) is 4.79 Å². The molecule has 0 radical (unpaired) electrons. The molecule has 0 atom stereocenters. The maximum absolute atomic E-state index is 11.5. The van der Waals surface area contributed by atoms with Gasteiger partial charge in [0, 0.05) is 15.8 Å². The highest BCUT2D eigenvalue weighted by Crippen LogP contribution is 2.21. The van der Waals surface area contributed by atoms with Gasteiger partial charge in [0.2, 0.25) is 0 Å². The third kappa shape index (κ3) is 6.00. The summed E-state index contributed by atoms with van der Waals surface area (Å²) in [4.78, 5) is 10.5. The van der Waals surface area contributed by atoms with Crippen molar-refractivity contribution in [2.75, 3.05) is 11.1 Å². The molecule has 0 spiro atoms. The molecular formula is C16H17IN2O4S. The number of rotatable bonds is 7. The molecule has 2 rings (SSSR count). The number of anilines is 1. The van der Waals surface area contributed by atoms with E-state index in [2.05, 4.69) is 32.1 Å². The highest BCUT2D eigenvalue weighted by molar-refractivity contribution is 14.1. The maximum Gasteiger partial charge on any atom is 0.420 e. The summed E-state index contributed by atoms with van der Waals surface area (Å²) in [6.07, 6.45) is -1.07. The summed E-state index contributed by atoms with van der Waals surface area (Å²) in [6, 6.07) is 15.7. The second-order valence-electron chi connectivity index (χ2n) is 5.07. The van der Waals surface area contributed by atoms with Crippen LogP contribution in [0.3, 0.4) is 0 Å². The third-order valence-corrected chi connectivity index (χ3v) is 5.22. The van der Waals surface area contributed by atoms with Gasteiger partial charge in [-0.1, -0.05) is 36.4 Å². The molecular weight excluding hydrogens is 443 g/mol. The van der Waals surface area contributed by atoms with E-state index in [1.54, 1.807) is 0 Å². The van der Waals surface area contributed by atoms with E-state index in [0.717, 1.165) is 14.8 Å². The molecule has 2 aromatic carbocycles. The van der Waals surface area contributed by atoms with E-state index < -0.39 is 16.2 Å². The van der Waals surface area contributed by atoms with Gasteiger partial charge in [-0.2, -0.15) is 8.42 Å². The van der Waals surface area contributed by atoms with Crippen molar-refractivity contribution in [2.24, 2.45) is 5.73 Å². The van der Waals surface area contributed by atoms with Crippen LogP contribution in [0.5, 0.6) is 0 Å². The Labute approximate surface area is 154 Å². The van der Waals surface area contributed by atoms with Gasteiger partial charge in [-0.05, 0) is 52.3 Å². The van der Waals surface area contributed by atoms with Gasteiger partial charge in [-0.15, -0.1) is 0 Å². The minimum Gasteiger partial charge on any atom is -0.380 e. The summed E-state index contributed by atoms with van der Waals surface area (Å²) in [7, 11) is -3.94. The lowest BCUT2D eigenvalue weighted by Crippen LogP contribution is -2.21. The predicted molar refractivity (Wildman–Crippen MR) is 101 cm³/mol. The summed E-state index contributed by atoms with van der Waals surface area (Å²) >= 11 is 2.19. The summed E-state index contributed by atoms with van der Waals surface area (Å²) in [5.41, 5.74) is 7.70. The molecule has 0 aromatic heterocycles. The van der Waals surface area contributed by atoms with E-state index >= 15 is 0 Å². The van der Waals surface area contributed by atoms with E-state index in [0.29, 0.717) is 6.54 Å². The normalized spacial score (nSPS) is 11.0. The molecule has 6 nitrogen and oxygen atoms in total. The van der Waals surface area contributed by atoms with Crippen molar-refractivity contribution in [3.8, 4) is 0 Å². The average Bonchev–Trinajstić information content (AvgIpc) is 2.52. The average molecular weight is 460 g/mol. The van der Waals surface area contributed by atoms with Crippen LogP contribution in [0.25, 0.3) is 0 Å². The van der Waals surface area contributed by atoms with Crippen LogP contribution in [0, 0.1) is 3.57 Å². The Balaban J connectivity index is 1.95. The maximum atomic E-state index is 11.5. The van der Waals surface area contributed by atoms with E-state index in [-0.39, 0.29) is 12.2 Å². The lowest BCUT2D eigenvalue weighted by atomic mass is 10.1. The van der Waals surface area contributed by atoms with Crippen molar-refractivity contribution in [2.45, 2.75) is 13.0 Å². The fourth-order valence-electron chi connectivity index (χ4n) is 2.06. The number of aryl methyl sites for hydroxylation is 1. The van der Waals surface area contributed by atoms with Crippen LogP contribution in [0.1, 0.15) is 11.1 Å². The molecule has 0 aliphatic carbocycles. The molecule has 0 aliphatic heterocycles. The Morgan fingerprint density at radius 3 is 2.46 bits per heavy atom. The molecule has 24 heavy (non-hydrogen) atoms. The first kappa shape index (κ1) is 18.5. The van der Waals surface area contributed by atoms with Crippen molar-refractivity contribution < 1.29 is 17.4 Å². The molecule has 128 valence electrons. The molecule has 0 unspecified atom stereocenters. The Kier molecular flexibility index (Phi) is 6.44. The second-order valence-corrected chi connectivity index (χ2v) is 7.92. The van der Waals surface area contributed by atoms with Crippen LogP contribution >= 0.6 is 22.6 Å². The number of primary amides is 1. The fourth-order valence-corrected chi connectivity index (χ4v) is 3.65. The number of hydrogen-bond donors (Lipinski definition) is 2. The smallest absolute Gasteiger partial charge is 0.380 e. The number of carbonyl (C=O) groups excluding carboxylic acids is 1. The zero-order valence-corrected chi connectivity index (χ0v) is 15.7. The molecule has 2 aromatic rings. The molecule has 8 heteroatoms. The first-order valence-electron chi connectivity index (χ1n) is 7.13. The summed E-state index contributed by atoms with van der Waals surface area (Å²) in [6.45, 7) is 0.705. The Bertz CT molecular complexity index is 810. The molecule has 0 fully saturated rings. The highest BCUT2D eigenvalue weighted by atomic mass is 127. The van der Waals surface area contributed by atoms with Gasteiger partial charge in [0.1, 0.15) is 0 Å². The summed E-state index contributed by atoms with van der Waals surface area (Å²) in [5, 5.41) is 3.34. The van der Waals surface area contributed by atoms with Crippen molar-refractivity contribution in [1.82, 2.24) is 0 Å². The molecule has 0 aliphatic rings. The van der Waals surface area contributed by atoms with Crippen LogP contribution in [-0.4, -0.2) is 20.3 Å². The van der Waals surface area contributed by atoms with Crippen LogP contribution in [0.15, 0.2) is 48.5 Å². The van der Waals surface area contributed by atoms with Crippen molar-refractivity contribution in [3.05, 3.63) is 63.2 Å². The van der Waals surface area contributed by atoms with Gasteiger partial charge in [-0.3, -0.25) is 0 Å². The molecule has 0 bridgehead atoms. The van der Waals surface area contributed by atoms with Gasteiger partial charge < -0.3 is 15.2 Å². The van der Waals surface area contributed by atoms with E-state index in [1.807, 2.05) is 48.5 Å². The van der Waals surface area contributed by atoms with Crippen molar-refractivity contribution in [3.63, 3.8) is 0 Å². The van der Waals surface area contributed by atoms with E-state index in [9.17, 15) is 13.2 Å². The van der Waals surface area contributed by atoms with Crippen LogP contribution < -0.4 is 11.1 Å². The van der Waals surface area contributed by atoms with Crippen molar-refractivity contribution >= 4 is 44.5 Å². The molecule has 1 amide bonds. The molecule has 0 saturated heterocycles. The van der Waals surface area contributed by atoms with Crippen LogP contribution in [0.2, 0.25) is 0 Å². The zero-order valence-electron chi connectivity index (χ0n) is 12.7. The SMILES string of the molecule is NC(=O)OS(=O)(=O)CCc1ccc(NCc2ccccc2)c(I)c1. The van der Waals surface area contributed by atoms with Gasteiger partial charge in [0.05, 0.1) is 5.75 Å². The Morgan fingerprint density at radius 2 is 1.83 bits per heavy atom. The van der Waals surface area contributed by atoms with E-state index in [4.69, 9.17) is 5.73 Å². The topological polar surface area (TPSA) is 98.5 Å². The largest absolute Gasteiger partial charge is 0.420 e. The number of nitrogens with one attached hydrogen (secondary N) is 1.